The second-order valence-electron chi connectivity index (χ2n) is 9.06. The molecule has 38 heavy (non-hydrogen) atoms. The minimum atomic E-state index is -0.274. The Balaban J connectivity index is 1.52. The number of thiocarbonyl (C=S) groups is 1. The Hall–Kier alpha value is -4.17. The third-order valence-electron chi connectivity index (χ3n) is 6.55. The van der Waals surface area contributed by atoms with Gasteiger partial charge in [0, 0.05) is 29.6 Å². The maximum absolute atomic E-state index is 12.0. The molecule has 2 N–H and O–H groups in total. The van der Waals surface area contributed by atoms with Crippen LogP contribution in [0.25, 0.3) is 11.3 Å². The molecule has 1 fully saturated rings. The van der Waals surface area contributed by atoms with Gasteiger partial charge in [0.1, 0.15) is 23.3 Å². The van der Waals surface area contributed by atoms with E-state index in [1.807, 2.05) is 93.6 Å². The number of ether oxygens (including phenoxy) is 1. The summed E-state index contributed by atoms with van der Waals surface area (Å²) in [6.07, 6.45) is 2.20. The molecule has 1 saturated heterocycles. The van der Waals surface area contributed by atoms with Crippen molar-refractivity contribution >= 4 is 34.6 Å². The van der Waals surface area contributed by atoms with E-state index in [1.165, 1.54) is 0 Å². The second kappa shape index (κ2) is 11.1. The largest absolute Gasteiger partial charge is 0.494 e. The summed E-state index contributed by atoms with van der Waals surface area (Å²) in [5.41, 5.74) is 4.46. The number of benzene rings is 2. The number of rotatable bonds is 8. The highest BCUT2D eigenvalue weighted by molar-refractivity contribution is 7.80. The number of furan rings is 1. The van der Waals surface area contributed by atoms with Gasteiger partial charge in [0.05, 0.1) is 18.3 Å². The van der Waals surface area contributed by atoms with E-state index in [2.05, 4.69) is 20.5 Å². The zero-order valence-corrected chi connectivity index (χ0v) is 22.4. The zero-order chi connectivity index (χ0) is 26.6. The van der Waals surface area contributed by atoms with E-state index in [0.29, 0.717) is 18.1 Å². The normalized spacial score (nSPS) is 16.8. The lowest BCUT2D eigenvalue weighted by Gasteiger charge is -2.26. The Morgan fingerprint density at radius 2 is 1.92 bits per heavy atom. The van der Waals surface area contributed by atoms with Crippen LogP contribution in [0.1, 0.15) is 49.4 Å². The third kappa shape index (κ3) is 5.13. The Kier molecular flexibility index (Phi) is 7.42. The number of aryl methyl sites for hydroxylation is 1. The van der Waals surface area contributed by atoms with E-state index in [4.69, 9.17) is 21.4 Å². The Labute approximate surface area is 227 Å². The minimum absolute atomic E-state index is 0.0234. The molecule has 8 heteroatoms. The number of hydrogen-bond acceptors (Lipinski definition) is 5. The van der Waals surface area contributed by atoms with Crippen LogP contribution in [-0.4, -0.2) is 22.6 Å². The van der Waals surface area contributed by atoms with Gasteiger partial charge < -0.3 is 24.7 Å². The lowest BCUT2D eigenvalue weighted by Crippen LogP contribution is -2.29. The van der Waals surface area contributed by atoms with Crippen LogP contribution in [0.3, 0.4) is 0 Å². The molecule has 0 bridgehead atoms. The molecular formula is C30H30N4O3S. The Morgan fingerprint density at radius 1 is 1.11 bits per heavy atom. The highest BCUT2D eigenvalue weighted by atomic mass is 32.1. The molecule has 2 aromatic carbocycles. The number of hydrogen-bond donors (Lipinski definition) is 2. The fraction of sp³-hybridized carbons (Fsp3) is 0.233. The van der Waals surface area contributed by atoms with E-state index in [-0.39, 0.29) is 18.0 Å². The van der Waals surface area contributed by atoms with Crippen molar-refractivity contribution < 1.29 is 13.9 Å². The van der Waals surface area contributed by atoms with Crippen molar-refractivity contribution in [1.29, 1.82) is 0 Å². The topological polar surface area (TPSA) is 79.6 Å². The molecule has 0 spiro atoms. The van der Waals surface area contributed by atoms with Crippen molar-refractivity contribution in [2.75, 3.05) is 16.8 Å². The predicted molar refractivity (Wildman–Crippen MR) is 153 cm³/mol. The molecule has 0 unspecified atom stereocenters. The van der Waals surface area contributed by atoms with Crippen molar-refractivity contribution in [3.8, 4) is 17.1 Å². The summed E-state index contributed by atoms with van der Waals surface area (Å²) in [4.78, 5) is 18.6. The fourth-order valence-electron chi connectivity index (χ4n) is 4.65. The number of nitrogens with zero attached hydrogens (tertiary/aromatic N) is 2. The van der Waals surface area contributed by atoms with E-state index >= 15 is 0 Å². The minimum Gasteiger partial charge on any atom is -0.494 e. The highest BCUT2D eigenvalue weighted by Gasteiger charge is 2.42. The molecule has 1 amide bonds. The molecule has 0 saturated carbocycles. The lowest BCUT2D eigenvalue weighted by atomic mass is 10.0. The molecule has 2 aromatic heterocycles. The van der Waals surface area contributed by atoms with Crippen LogP contribution in [0.2, 0.25) is 0 Å². The maximum atomic E-state index is 12.0. The standard InChI is InChI=1S/C30H30N4O3S/c1-4-27(35)32-23-14-11-21(18-19(23)3)34-29(28(33-30(34)38)24-8-6-7-17-31-24)26-16-15-25(37-26)20-9-12-22(13-10-20)36-5-2/h6-18,28-29H,4-5H2,1-3H3,(H,32,35)(H,33,38)/t28-,29+/m0/s1. The molecule has 3 heterocycles. The second-order valence-corrected chi connectivity index (χ2v) is 9.44. The summed E-state index contributed by atoms with van der Waals surface area (Å²) in [6, 6.07) is 23.1. The third-order valence-corrected chi connectivity index (χ3v) is 6.86. The van der Waals surface area contributed by atoms with Crippen molar-refractivity contribution in [3.05, 3.63) is 96.0 Å². The van der Waals surface area contributed by atoms with Gasteiger partial charge in [0.25, 0.3) is 0 Å². The van der Waals surface area contributed by atoms with E-state index in [0.717, 1.165) is 45.5 Å². The van der Waals surface area contributed by atoms with Gasteiger partial charge in [-0.1, -0.05) is 13.0 Å². The van der Waals surface area contributed by atoms with Gasteiger partial charge in [-0.25, -0.2) is 0 Å². The van der Waals surface area contributed by atoms with Crippen molar-refractivity contribution in [2.24, 2.45) is 0 Å². The Morgan fingerprint density at radius 3 is 2.61 bits per heavy atom. The van der Waals surface area contributed by atoms with Gasteiger partial charge >= 0.3 is 0 Å². The van der Waals surface area contributed by atoms with Crippen LogP contribution in [0, 0.1) is 6.92 Å². The summed E-state index contributed by atoms with van der Waals surface area (Å²) in [6.45, 7) is 6.39. The number of nitrogens with one attached hydrogen (secondary N) is 2. The molecule has 0 radical (unpaired) electrons. The molecule has 1 aliphatic rings. The fourth-order valence-corrected chi connectivity index (χ4v) is 4.99. The summed E-state index contributed by atoms with van der Waals surface area (Å²) in [7, 11) is 0. The van der Waals surface area contributed by atoms with Gasteiger partial charge in [-0.15, -0.1) is 0 Å². The zero-order valence-electron chi connectivity index (χ0n) is 21.6. The van der Waals surface area contributed by atoms with Crippen LogP contribution < -0.4 is 20.3 Å². The van der Waals surface area contributed by atoms with Gasteiger partial charge in [-0.05, 0) is 98.4 Å². The number of aromatic nitrogens is 1. The van der Waals surface area contributed by atoms with Crippen LogP contribution in [-0.2, 0) is 4.79 Å². The quantitative estimate of drug-likeness (QED) is 0.251. The first-order chi connectivity index (χ1) is 18.5. The van der Waals surface area contributed by atoms with Gasteiger partial charge in [-0.2, -0.15) is 0 Å². The maximum Gasteiger partial charge on any atom is 0.224 e. The summed E-state index contributed by atoms with van der Waals surface area (Å²) in [5, 5.41) is 7.00. The van der Waals surface area contributed by atoms with Gasteiger partial charge in [0.2, 0.25) is 5.91 Å². The van der Waals surface area contributed by atoms with Crippen LogP contribution in [0.5, 0.6) is 5.75 Å². The Bertz CT molecular complexity index is 1440. The lowest BCUT2D eigenvalue weighted by molar-refractivity contribution is -0.115. The number of anilines is 2. The first kappa shape index (κ1) is 25.5. The van der Waals surface area contributed by atoms with Crippen molar-refractivity contribution in [1.82, 2.24) is 10.3 Å². The van der Waals surface area contributed by atoms with E-state index < -0.39 is 0 Å². The molecule has 2 atom stereocenters. The molecule has 1 aliphatic heterocycles. The number of carbonyl (C=O) groups is 1. The van der Waals surface area contributed by atoms with Crippen molar-refractivity contribution in [2.45, 2.75) is 39.3 Å². The van der Waals surface area contributed by atoms with Gasteiger partial charge in [-0.3, -0.25) is 9.78 Å². The average molecular weight is 527 g/mol. The summed E-state index contributed by atoms with van der Waals surface area (Å²) >= 11 is 5.84. The highest BCUT2D eigenvalue weighted by Crippen LogP contribution is 2.43. The van der Waals surface area contributed by atoms with E-state index in [1.54, 1.807) is 6.20 Å². The molecule has 4 aromatic rings. The number of carbonyl (C=O) groups excluding carboxylic acids is 1. The molecule has 0 aliphatic carbocycles. The van der Waals surface area contributed by atoms with Crippen LogP contribution in [0.4, 0.5) is 11.4 Å². The molecular weight excluding hydrogens is 496 g/mol. The predicted octanol–water partition coefficient (Wildman–Crippen LogP) is 6.57. The number of amides is 1. The van der Waals surface area contributed by atoms with E-state index in [9.17, 15) is 4.79 Å². The summed E-state index contributed by atoms with van der Waals surface area (Å²) in [5.74, 6) is 2.32. The first-order valence-corrected chi connectivity index (χ1v) is 13.1. The van der Waals surface area contributed by atoms with Crippen LogP contribution >= 0.6 is 12.2 Å². The summed E-state index contributed by atoms with van der Waals surface area (Å²) < 4.78 is 12.0. The molecule has 194 valence electrons. The van der Waals surface area contributed by atoms with Crippen molar-refractivity contribution in [3.63, 3.8) is 0 Å². The van der Waals surface area contributed by atoms with Gasteiger partial charge in [0.15, 0.2) is 5.11 Å². The smallest absolute Gasteiger partial charge is 0.224 e. The first-order valence-electron chi connectivity index (χ1n) is 12.7. The number of pyridine rings is 1. The monoisotopic (exact) mass is 526 g/mol. The SMILES string of the molecule is CCOc1ccc(-c2ccc([C@@H]3[C@H](c4ccccn4)NC(=S)N3c3ccc(NC(=O)CC)c(C)c3)o2)cc1. The molecule has 7 nitrogen and oxygen atoms in total. The molecule has 5 rings (SSSR count). The average Bonchev–Trinajstić information content (AvgIpc) is 3.55. The van der Waals surface area contributed by atoms with Crippen LogP contribution in [0.15, 0.2) is 83.4 Å².